The molecule has 0 spiro atoms. The van der Waals surface area contributed by atoms with E-state index in [4.69, 9.17) is 0 Å². The zero-order valence-corrected chi connectivity index (χ0v) is 5.68. The first kappa shape index (κ1) is 5.69. The predicted molar refractivity (Wildman–Crippen MR) is 35.4 cm³/mol. The first-order chi connectivity index (χ1) is 3.79. The smallest absolute Gasteiger partial charge is 0.177 e. The van der Waals surface area contributed by atoms with Crippen molar-refractivity contribution in [1.29, 1.82) is 0 Å². The van der Waals surface area contributed by atoms with Gasteiger partial charge in [-0.2, -0.15) is 0 Å². The van der Waals surface area contributed by atoms with Crippen LogP contribution in [-0.2, 0) is 4.79 Å². The van der Waals surface area contributed by atoms with Crippen LogP contribution < -0.4 is 0 Å². The minimum Gasteiger partial charge on any atom is -0.293 e. The number of ketones is 1. The molecule has 0 radical (unpaired) electrons. The summed E-state index contributed by atoms with van der Waals surface area (Å²) in [7, 11) is 0. The lowest BCUT2D eigenvalue weighted by atomic mass is 10.3. The summed E-state index contributed by atoms with van der Waals surface area (Å²) in [6, 6.07) is 0. The van der Waals surface area contributed by atoms with E-state index in [1.807, 2.05) is 0 Å². The van der Waals surface area contributed by atoms with Crippen LogP contribution in [0.2, 0.25) is 0 Å². The van der Waals surface area contributed by atoms with Gasteiger partial charge in [0.25, 0.3) is 0 Å². The Kier molecular flexibility index (Phi) is 1.58. The van der Waals surface area contributed by atoms with Crippen LogP contribution in [0, 0.1) is 0 Å². The van der Waals surface area contributed by atoms with Crippen LogP contribution in [0.1, 0.15) is 0 Å². The van der Waals surface area contributed by atoms with Crippen LogP contribution in [0.15, 0.2) is 17.1 Å². The highest BCUT2D eigenvalue weighted by Crippen LogP contribution is 1.97. The monoisotopic (exact) mass is 173 g/mol. The molecule has 0 saturated carbocycles. The summed E-state index contributed by atoms with van der Waals surface area (Å²) in [5, 5.41) is 0. The fourth-order valence-electron chi connectivity index (χ4n) is 0.421. The molecule has 0 fully saturated rings. The van der Waals surface area contributed by atoms with E-state index in [1.165, 1.54) is 6.08 Å². The van der Waals surface area contributed by atoms with Crippen molar-refractivity contribution in [3.05, 3.63) is 12.2 Å². The normalized spacial score (nSPS) is 18.6. The minimum absolute atomic E-state index is 0.0631. The maximum Gasteiger partial charge on any atom is 0.177 e. The molecule has 0 aromatic carbocycles. The number of rotatable bonds is 0. The third kappa shape index (κ3) is 1.26. The Labute approximate surface area is 55.4 Å². The molecule has 0 aromatic heterocycles. The molecule has 8 heavy (non-hydrogen) atoms. The summed E-state index contributed by atoms with van der Waals surface area (Å²) in [5.41, 5.74) is 0. The van der Waals surface area contributed by atoms with Crippen molar-refractivity contribution in [2.45, 2.75) is 0 Å². The van der Waals surface area contributed by atoms with Crippen LogP contribution >= 0.6 is 15.9 Å². The second kappa shape index (κ2) is 2.22. The number of halogens is 1. The third-order valence-electron chi connectivity index (χ3n) is 0.793. The first-order valence-electron chi connectivity index (χ1n) is 2.20. The highest BCUT2D eigenvalue weighted by Gasteiger charge is 1.99. The standard InChI is InChI=1S/C5H4BrNO/c6-5-2-1-4(8)3-7-5/h1-2H,3H2. The zero-order valence-electron chi connectivity index (χ0n) is 4.10. The van der Waals surface area contributed by atoms with Crippen LogP contribution in [0.3, 0.4) is 0 Å². The molecule has 0 atom stereocenters. The fourth-order valence-corrected chi connectivity index (χ4v) is 0.678. The molecule has 0 bridgehead atoms. The van der Waals surface area contributed by atoms with Crippen LogP contribution in [0.25, 0.3) is 0 Å². The number of allylic oxidation sites excluding steroid dienone is 1. The van der Waals surface area contributed by atoms with Crippen molar-refractivity contribution in [2.75, 3.05) is 6.54 Å². The molecule has 1 rings (SSSR count). The number of aliphatic imine (C=N–C) groups is 1. The molecule has 42 valence electrons. The van der Waals surface area contributed by atoms with Gasteiger partial charge in [-0.25, -0.2) is 0 Å². The van der Waals surface area contributed by atoms with E-state index in [2.05, 4.69) is 20.9 Å². The summed E-state index contributed by atoms with van der Waals surface area (Å²) in [6.45, 7) is 0.289. The largest absolute Gasteiger partial charge is 0.293 e. The fraction of sp³-hybridized carbons (Fsp3) is 0.200. The Morgan fingerprint density at radius 2 is 2.38 bits per heavy atom. The molecule has 0 aromatic rings. The molecule has 0 amide bonds. The molecule has 2 nitrogen and oxygen atoms in total. The van der Waals surface area contributed by atoms with Crippen LogP contribution in [-0.4, -0.2) is 16.9 Å². The Morgan fingerprint density at radius 1 is 1.62 bits per heavy atom. The van der Waals surface area contributed by atoms with Gasteiger partial charge in [-0.3, -0.25) is 9.79 Å². The van der Waals surface area contributed by atoms with Crippen molar-refractivity contribution in [2.24, 2.45) is 4.99 Å². The van der Waals surface area contributed by atoms with Crippen molar-refractivity contribution in [3.8, 4) is 0 Å². The molecular weight excluding hydrogens is 170 g/mol. The van der Waals surface area contributed by atoms with E-state index in [0.717, 1.165) is 4.62 Å². The van der Waals surface area contributed by atoms with E-state index in [1.54, 1.807) is 6.08 Å². The number of hydrogen-bond donors (Lipinski definition) is 0. The number of dihydropyridines is 1. The Balaban J connectivity index is 2.71. The van der Waals surface area contributed by atoms with Gasteiger partial charge in [0.15, 0.2) is 5.78 Å². The van der Waals surface area contributed by atoms with Gasteiger partial charge in [0.2, 0.25) is 0 Å². The molecule has 1 aliphatic heterocycles. The van der Waals surface area contributed by atoms with Gasteiger partial charge in [-0.05, 0) is 28.1 Å². The van der Waals surface area contributed by atoms with Crippen molar-refractivity contribution in [1.82, 2.24) is 0 Å². The maximum absolute atomic E-state index is 10.4. The zero-order chi connectivity index (χ0) is 5.98. The number of hydrogen-bond acceptors (Lipinski definition) is 2. The summed E-state index contributed by atoms with van der Waals surface area (Å²) < 4.78 is 0.747. The SMILES string of the molecule is O=C1C=CC(Br)=NC1. The molecule has 0 aliphatic carbocycles. The Morgan fingerprint density at radius 3 is 2.75 bits per heavy atom. The van der Waals surface area contributed by atoms with Gasteiger partial charge >= 0.3 is 0 Å². The maximum atomic E-state index is 10.4. The van der Waals surface area contributed by atoms with Gasteiger partial charge in [0, 0.05) is 0 Å². The molecule has 0 unspecified atom stereocenters. The van der Waals surface area contributed by atoms with E-state index in [9.17, 15) is 4.79 Å². The van der Waals surface area contributed by atoms with Crippen LogP contribution in [0.5, 0.6) is 0 Å². The molecule has 0 N–H and O–H groups in total. The summed E-state index contributed by atoms with van der Waals surface area (Å²) in [4.78, 5) is 14.2. The Bertz CT molecular complexity index is 169. The van der Waals surface area contributed by atoms with E-state index in [0.29, 0.717) is 0 Å². The quantitative estimate of drug-likeness (QED) is 0.536. The van der Waals surface area contributed by atoms with Crippen LogP contribution in [0.4, 0.5) is 0 Å². The van der Waals surface area contributed by atoms with E-state index < -0.39 is 0 Å². The third-order valence-corrected chi connectivity index (χ3v) is 1.31. The molecule has 1 aliphatic rings. The average Bonchev–Trinajstić information content (AvgIpc) is 1.77. The van der Waals surface area contributed by atoms with E-state index >= 15 is 0 Å². The molecule has 3 heteroatoms. The second-order valence-electron chi connectivity index (χ2n) is 1.44. The van der Waals surface area contributed by atoms with E-state index in [-0.39, 0.29) is 12.3 Å². The van der Waals surface area contributed by atoms with Gasteiger partial charge < -0.3 is 0 Å². The summed E-state index contributed by atoms with van der Waals surface area (Å²) in [5.74, 6) is 0.0631. The van der Waals surface area contributed by atoms with Gasteiger partial charge in [0.1, 0.15) is 11.2 Å². The molecule has 0 saturated heterocycles. The Hall–Kier alpha value is -0.440. The summed E-state index contributed by atoms with van der Waals surface area (Å²) >= 11 is 3.13. The highest BCUT2D eigenvalue weighted by atomic mass is 79.9. The number of nitrogens with zero attached hydrogens (tertiary/aromatic N) is 1. The van der Waals surface area contributed by atoms with Crippen molar-refractivity contribution in [3.63, 3.8) is 0 Å². The average molecular weight is 174 g/mol. The lowest BCUT2D eigenvalue weighted by molar-refractivity contribution is -0.113. The minimum atomic E-state index is 0.0631. The van der Waals surface area contributed by atoms with Gasteiger partial charge in [-0.1, -0.05) is 0 Å². The predicted octanol–water partition coefficient (Wildman–Crippen LogP) is 0.919. The van der Waals surface area contributed by atoms with Crippen molar-refractivity contribution < 1.29 is 4.79 Å². The molecule has 1 heterocycles. The summed E-state index contributed by atoms with van der Waals surface area (Å²) in [6.07, 6.45) is 3.16. The van der Waals surface area contributed by atoms with Gasteiger partial charge in [0.05, 0.1) is 0 Å². The van der Waals surface area contributed by atoms with Crippen molar-refractivity contribution >= 4 is 26.3 Å². The topological polar surface area (TPSA) is 29.4 Å². The second-order valence-corrected chi connectivity index (χ2v) is 2.25. The van der Waals surface area contributed by atoms with Gasteiger partial charge in [-0.15, -0.1) is 0 Å². The first-order valence-corrected chi connectivity index (χ1v) is 2.99. The highest BCUT2D eigenvalue weighted by molar-refractivity contribution is 9.18. The number of carbonyl (C=O) groups is 1. The lowest BCUT2D eigenvalue weighted by Gasteiger charge is -1.94. The molecular formula is C5H4BrNO. The lowest BCUT2D eigenvalue weighted by Crippen LogP contribution is -2.03. The number of carbonyl (C=O) groups excluding carboxylic acids is 1.